The van der Waals surface area contributed by atoms with E-state index < -0.39 is 29.9 Å². The Bertz CT molecular complexity index is 955. The average Bonchev–Trinajstić information content (AvgIpc) is 3.01. The number of methoxy groups -OCH3 is 1. The van der Waals surface area contributed by atoms with Gasteiger partial charge < -0.3 is 10.1 Å². The zero-order valence-corrected chi connectivity index (χ0v) is 17.7. The number of carbonyl (C=O) groups is 4. The van der Waals surface area contributed by atoms with Crippen molar-refractivity contribution in [1.29, 1.82) is 0 Å². The summed E-state index contributed by atoms with van der Waals surface area (Å²) in [6, 6.07) is 13.7. The Hall–Kier alpha value is -3.68. The molecule has 2 aromatic carbocycles. The fraction of sp³-hybridized carbons (Fsp3) is 0.304. The number of rotatable bonds is 7. The molecular formula is C23H25N3O5. The minimum Gasteiger partial charge on any atom is -0.467 e. The lowest BCUT2D eigenvalue weighted by molar-refractivity contribution is -0.143. The largest absolute Gasteiger partial charge is 0.467 e. The van der Waals surface area contributed by atoms with Crippen molar-refractivity contribution in [3.63, 3.8) is 0 Å². The van der Waals surface area contributed by atoms with Crippen LogP contribution in [0.5, 0.6) is 0 Å². The molecule has 0 aromatic heterocycles. The number of carbonyl (C=O) groups excluding carboxylic acids is 4. The third kappa shape index (κ3) is 4.74. The van der Waals surface area contributed by atoms with E-state index in [4.69, 9.17) is 4.74 Å². The predicted molar refractivity (Wildman–Crippen MR) is 113 cm³/mol. The highest BCUT2D eigenvalue weighted by atomic mass is 16.5. The van der Waals surface area contributed by atoms with E-state index in [1.807, 2.05) is 19.9 Å². The number of nitrogens with one attached hydrogen (secondary N) is 1. The Labute approximate surface area is 180 Å². The molecule has 0 saturated carbocycles. The zero-order chi connectivity index (χ0) is 22.5. The van der Waals surface area contributed by atoms with Crippen LogP contribution in [0.3, 0.4) is 0 Å². The Kier molecular flexibility index (Phi) is 6.69. The van der Waals surface area contributed by atoms with Crippen LogP contribution in [0, 0.1) is 5.92 Å². The van der Waals surface area contributed by atoms with Gasteiger partial charge in [-0.15, -0.1) is 0 Å². The normalized spacial score (nSPS) is 13.7. The van der Waals surface area contributed by atoms with E-state index in [0.717, 1.165) is 10.0 Å². The molecule has 1 aliphatic heterocycles. The monoisotopic (exact) mass is 423 g/mol. The third-order valence-corrected chi connectivity index (χ3v) is 4.91. The van der Waals surface area contributed by atoms with Gasteiger partial charge in [-0.25, -0.2) is 14.6 Å². The molecule has 3 rings (SSSR count). The lowest BCUT2D eigenvalue weighted by Crippen LogP contribution is -2.56. The standard InChI is InChI=1S/C23H25N3O5/c1-15(2)13-19(22(29)31-3)24-23(30)25(14-16-9-5-4-6-10-16)26-20(27)17-11-7-8-12-18(17)21(26)28/h4-12,15,19H,13-14H2,1-3H3,(H,24,30)/t19-/m0/s1. The second-order valence-electron chi connectivity index (χ2n) is 7.67. The first-order valence-electron chi connectivity index (χ1n) is 10.0. The predicted octanol–water partition coefficient (Wildman–Crippen LogP) is 3.00. The van der Waals surface area contributed by atoms with Crippen molar-refractivity contribution in [2.45, 2.75) is 32.9 Å². The number of imide groups is 1. The van der Waals surface area contributed by atoms with E-state index in [2.05, 4.69) is 5.32 Å². The topological polar surface area (TPSA) is 96.0 Å². The fourth-order valence-corrected chi connectivity index (χ4v) is 3.44. The van der Waals surface area contributed by atoms with Crippen LogP contribution in [0.15, 0.2) is 54.6 Å². The van der Waals surface area contributed by atoms with Crippen LogP contribution in [-0.2, 0) is 16.1 Å². The van der Waals surface area contributed by atoms with Crippen molar-refractivity contribution in [3.8, 4) is 0 Å². The molecule has 8 heteroatoms. The summed E-state index contributed by atoms with van der Waals surface area (Å²) in [4.78, 5) is 51.4. The van der Waals surface area contributed by atoms with Gasteiger partial charge in [-0.2, -0.15) is 5.01 Å². The van der Waals surface area contributed by atoms with Crippen LogP contribution in [0.1, 0.15) is 46.5 Å². The zero-order valence-electron chi connectivity index (χ0n) is 17.7. The maximum atomic E-state index is 13.3. The Morgan fingerprint density at radius 2 is 1.52 bits per heavy atom. The minimum atomic E-state index is -0.911. The van der Waals surface area contributed by atoms with Gasteiger partial charge >= 0.3 is 12.0 Å². The van der Waals surface area contributed by atoms with Gasteiger partial charge in [0.2, 0.25) is 0 Å². The van der Waals surface area contributed by atoms with E-state index >= 15 is 0 Å². The molecule has 1 atom stereocenters. The van der Waals surface area contributed by atoms with Gasteiger partial charge in [0.1, 0.15) is 6.04 Å². The molecule has 0 radical (unpaired) electrons. The number of hydrogen-bond acceptors (Lipinski definition) is 5. The Morgan fingerprint density at radius 1 is 0.968 bits per heavy atom. The Morgan fingerprint density at radius 3 is 2.03 bits per heavy atom. The molecule has 0 saturated heterocycles. The smallest absolute Gasteiger partial charge is 0.337 e. The average molecular weight is 423 g/mol. The molecule has 2 aromatic rings. The van der Waals surface area contributed by atoms with Crippen molar-refractivity contribution in [2.75, 3.05) is 7.11 Å². The van der Waals surface area contributed by atoms with Gasteiger partial charge in [-0.3, -0.25) is 9.59 Å². The van der Waals surface area contributed by atoms with Crippen LogP contribution < -0.4 is 5.32 Å². The van der Waals surface area contributed by atoms with Crippen molar-refractivity contribution >= 4 is 23.8 Å². The van der Waals surface area contributed by atoms with Crippen molar-refractivity contribution < 1.29 is 23.9 Å². The molecule has 1 N–H and O–H groups in total. The van der Waals surface area contributed by atoms with E-state index in [-0.39, 0.29) is 23.6 Å². The summed E-state index contributed by atoms with van der Waals surface area (Å²) < 4.78 is 4.81. The lowest BCUT2D eigenvalue weighted by atomic mass is 10.0. The molecule has 162 valence electrons. The van der Waals surface area contributed by atoms with E-state index in [0.29, 0.717) is 12.0 Å². The lowest BCUT2D eigenvalue weighted by Gasteiger charge is -2.31. The summed E-state index contributed by atoms with van der Waals surface area (Å²) >= 11 is 0. The van der Waals surface area contributed by atoms with E-state index in [1.165, 1.54) is 7.11 Å². The number of esters is 1. The highest BCUT2D eigenvalue weighted by molar-refractivity contribution is 6.21. The molecule has 1 aliphatic rings. The molecule has 0 bridgehead atoms. The number of nitrogens with zero attached hydrogens (tertiary/aromatic N) is 2. The second-order valence-corrected chi connectivity index (χ2v) is 7.67. The van der Waals surface area contributed by atoms with Gasteiger partial charge in [0.25, 0.3) is 11.8 Å². The number of urea groups is 1. The minimum absolute atomic E-state index is 0.0340. The summed E-state index contributed by atoms with van der Waals surface area (Å²) in [6.07, 6.45) is 0.347. The van der Waals surface area contributed by atoms with Crippen molar-refractivity contribution in [1.82, 2.24) is 15.3 Å². The molecule has 4 amide bonds. The highest BCUT2D eigenvalue weighted by Gasteiger charge is 2.42. The maximum Gasteiger partial charge on any atom is 0.337 e. The third-order valence-electron chi connectivity index (χ3n) is 4.91. The second kappa shape index (κ2) is 9.42. The van der Waals surface area contributed by atoms with Crippen molar-refractivity contribution in [3.05, 3.63) is 71.3 Å². The van der Waals surface area contributed by atoms with Crippen molar-refractivity contribution in [2.24, 2.45) is 5.92 Å². The van der Waals surface area contributed by atoms with Crippen LogP contribution >= 0.6 is 0 Å². The SMILES string of the molecule is COC(=O)[C@H](CC(C)C)NC(=O)N(Cc1ccccc1)N1C(=O)c2ccccc2C1=O. The summed E-state index contributed by atoms with van der Waals surface area (Å²) in [7, 11) is 1.24. The summed E-state index contributed by atoms with van der Waals surface area (Å²) in [5.74, 6) is -1.68. The molecule has 0 unspecified atom stereocenters. The number of amides is 4. The first-order chi connectivity index (χ1) is 14.8. The first kappa shape index (κ1) is 22.0. The number of ether oxygens (including phenoxy) is 1. The van der Waals surface area contributed by atoms with Gasteiger partial charge in [-0.1, -0.05) is 56.3 Å². The number of hydrazine groups is 1. The summed E-state index contributed by atoms with van der Waals surface area (Å²) in [5.41, 5.74) is 1.17. The summed E-state index contributed by atoms with van der Waals surface area (Å²) in [6.45, 7) is 3.79. The van der Waals surface area contributed by atoms with Gasteiger partial charge in [0.05, 0.1) is 24.8 Å². The van der Waals surface area contributed by atoms with Gasteiger partial charge in [-0.05, 0) is 30.0 Å². The van der Waals surface area contributed by atoms with Gasteiger partial charge in [0, 0.05) is 0 Å². The maximum absolute atomic E-state index is 13.3. The van der Waals surface area contributed by atoms with Crippen LogP contribution in [0.4, 0.5) is 4.79 Å². The number of benzene rings is 2. The van der Waals surface area contributed by atoms with Gasteiger partial charge in [0.15, 0.2) is 0 Å². The molecular weight excluding hydrogens is 398 g/mol. The molecule has 31 heavy (non-hydrogen) atoms. The highest BCUT2D eigenvalue weighted by Crippen LogP contribution is 2.25. The molecule has 0 spiro atoms. The molecule has 0 aliphatic carbocycles. The molecule has 8 nitrogen and oxygen atoms in total. The fourth-order valence-electron chi connectivity index (χ4n) is 3.44. The Balaban J connectivity index is 1.93. The molecule has 1 heterocycles. The molecule has 0 fully saturated rings. The first-order valence-corrected chi connectivity index (χ1v) is 10.0. The summed E-state index contributed by atoms with van der Waals surface area (Å²) in [5, 5.41) is 4.50. The van der Waals surface area contributed by atoms with E-state index in [1.54, 1.807) is 48.5 Å². The number of hydrogen-bond donors (Lipinski definition) is 1. The number of fused-ring (bicyclic) bond motifs is 1. The van der Waals surface area contributed by atoms with Crippen LogP contribution in [0.2, 0.25) is 0 Å². The van der Waals surface area contributed by atoms with Crippen LogP contribution in [-0.4, -0.2) is 47.0 Å². The van der Waals surface area contributed by atoms with E-state index in [9.17, 15) is 19.2 Å². The van der Waals surface area contributed by atoms with Crippen LogP contribution in [0.25, 0.3) is 0 Å². The quantitative estimate of drug-likeness (QED) is 0.546.